The first-order valence-corrected chi connectivity index (χ1v) is 10.4. The van der Waals surface area contributed by atoms with E-state index in [1.165, 1.54) is 13.2 Å². The van der Waals surface area contributed by atoms with Crippen molar-refractivity contribution in [1.29, 1.82) is 0 Å². The Bertz CT molecular complexity index is 1060. The first-order chi connectivity index (χ1) is 13.9. The minimum Gasteiger partial charge on any atom is -0.493 e. The van der Waals surface area contributed by atoms with Crippen molar-refractivity contribution in [2.45, 2.75) is 24.8 Å². The number of carbonyl (C=O) groups is 1. The van der Waals surface area contributed by atoms with Crippen LogP contribution < -0.4 is 14.2 Å². The van der Waals surface area contributed by atoms with Crippen LogP contribution in [0.25, 0.3) is 0 Å². The van der Waals surface area contributed by atoms with Crippen molar-refractivity contribution < 1.29 is 27.4 Å². The van der Waals surface area contributed by atoms with E-state index >= 15 is 0 Å². The van der Waals surface area contributed by atoms with Crippen LogP contribution in [0.5, 0.6) is 11.5 Å². The fourth-order valence-corrected chi connectivity index (χ4v) is 4.17. The molecule has 8 nitrogen and oxygen atoms in total. The number of esters is 1. The minimum atomic E-state index is -3.59. The summed E-state index contributed by atoms with van der Waals surface area (Å²) < 4.78 is 42.3. The number of benzene rings is 2. The zero-order chi connectivity index (χ0) is 21.0. The Kier molecular flexibility index (Phi) is 6.07. The van der Waals surface area contributed by atoms with Gasteiger partial charge in [-0.1, -0.05) is 12.1 Å². The summed E-state index contributed by atoms with van der Waals surface area (Å²) in [7, 11) is -0.492. The van der Waals surface area contributed by atoms with Crippen molar-refractivity contribution >= 4 is 21.8 Å². The highest BCUT2D eigenvalue weighted by atomic mass is 32.2. The molecule has 0 spiro atoms. The quantitative estimate of drug-likeness (QED) is 0.692. The number of aliphatic imine (C=N–C) groups is 1. The fraction of sp³-hybridized carbons (Fsp3) is 0.300. The van der Waals surface area contributed by atoms with Gasteiger partial charge >= 0.3 is 5.97 Å². The number of rotatable bonds is 7. The Hall–Kier alpha value is -3.07. The maximum Gasteiger partial charge on any atom is 0.308 e. The molecule has 0 saturated heterocycles. The predicted octanol–water partition coefficient (Wildman–Crippen LogP) is 2.18. The van der Waals surface area contributed by atoms with Gasteiger partial charge in [-0.15, -0.1) is 0 Å². The topological polar surface area (TPSA) is 103 Å². The molecule has 154 valence electrons. The van der Waals surface area contributed by atoms with E-state index in [-0.39, 0.29) is 30.3 Å². The first kappa shape index (κ1) is 20.7. The van der Waals surface area contributed by atoms with Gasteiger partial charge in [0.25, 0.3) is 10.0 Å². The lowest BCUT2D eigenvalue weighted by Gasteiger charge is -2.13. The SMILES string of the molecule is COc1cc(C)c(COC(=O)CCN=C2NS(=O)(=O)c3ccccc32)cc1OC. The molecule has 9 heteroatoms. The average molecular weight is 418 g/mol. The van der Waals surface area contributed by atoms with Crippen LogP contribution in [-0.4, -0.2) is 41.0 Å². The van der Waals surface area contributed by atoms with Crippen LogP contribution in [0.1, 0.15) is 23.1 Å². The molecule has 1 heterocycles. The summed E-state index contributed by atoms with van der Waals surface area (Å²) in [4.78, 5) is 16.5. The Morgan fingerprint density at radius 1 is 1.10 bits per heavy atom. The van der Waals surface area contributed by atoms with Gasteiger partial charge in [-0.3, -0.25) is 14.5 Å². The molecule has 2 aromatic rings. The molecule has 3 rings (SSSR count). The molecule has 1 aliphatic rings. The Morgan fingerprint density at radius 2 is 1.79 bits per heavy atom. The molecule has 0 atom stereocenters. The minimum absolute atomic E-state index is 0.0275. The zero-order valence-electron chi connectivity index (χ0n) is 16.4. The standard InChI is InChI=1S/C20H22N2O6S/c1-13-10-16(26-2)17(27-3)11-14(13)12-28-19(23)8-9-21-20-15-6-4-5-7-18(15)29(24,25)22-20/h4-7,10-11H,8-9,12H2,1-3H3,(H,21,22). The van der Waals surface area contributed by atoms with Gasteiger partial charge < -0.3 is 14.2 Å². The highest BCUT2D eigenvalue weighted by Crippen LogP contribution is 2.30. The Labute approximate surface area is 169 Å². The summed E-state index contributed by atoms with van der Waals surface area (Å²) in [5, 5.41) is 0. The van der Waals surface area contributed by atoms with Gasteiger partial charge in [-0.2, -0.15) is 0 Å². The Balaban J connectivity index is 1.59. The number of amidine groups is 1. The second-order valence-electron chi connectivity index (χ2n) is 6.38. The number of methoxy groups -OCH3 is 2. The van der Waals surface area contributed by atoms with Crippen LogP contribution in [0.15, 0.2) is 46.3 Å². The summed E-state index contributed by atoms with van der Waals surface area (Å²) in [6, 6.07) is 10.2. The molecule has 2 aromatic carbocycles. The maximum absolute atomic E-state index is 12.1. The van der Waals surface area contributed by atoms with E-state index < -0.39 is 16.0 Å². The molecule has 0 amide bonds. The normalized spacial score (nSPS) is 15.5. The van der Waals surface area contributed by atoms with Crippen molar-refractivity contribution in [3.8, 4) is 11.5 Å². The van der Waals surface area contributed by atoms with Crippen molar-refractivity contribution in [2.24, 2.45) is 4.99 Å². The number of sulfonamides is 1. The maximum atomic E-state index is 12.1. The van der Waals surface area contributed by atoms with Gasteiger partial charge in [-0.25, -0.2) is 8.42 Å². The third kappa shape index (κ3) is 4.51. The molecule has 0 radical (unpaired) electrons. The van der Waals surface area contributed by atoms with E-state index in [0.717, 1.165) is 11.1 Å². The molecule has 29 heavy (non-hydrogen) atoms. The van der Waals surface area contributed by atoms with E-state index in [4.69, 9.17) is 14.2 Å². The molecular formula is C20H22N2O6S. The van der Waals surface area contributed by atoms with Gasteiger partial charge in [0, 0.05) is 5.56 Å². The van der Waals surface area contributed by atoms with E-state index in [9.17, 15) is 13.2 Å². The van der Waals surface area contributed by atoms with E-state index in [1.54, 1.807) is 31.4 Å². The van der Waals surface area contributed by atoms with Crippen LogP contribution >= 0.6 is 0 Å². The zero-order valence-corrected chi connectivity index (χ0v) is 17.2. The monoisotopic (exact) mass is 418 g/mol. The summed E-state index contributed by atoms with van der Waals surface area (Å²) >= 11 is 0. The highest BCUT2D eigenvalue weighted by molar-refractivity contribution is 7.90. The molecule has 0 unspecified atom stereocenters. The fourth-order valence-electron chi connectivity index (χ4n) is 2.92. The molecule has 1 aliphatic heterocycles. The molecule has 0 bridgehead atoms. The van der Waals surface area contributed by atoms with Crippen molar-refractivity contribution in [3.63, 3.8) is 0 Å². The third-order valence-electron chi connectivity index (χ3n) is 4.48. The second kappa shape index (κ2) is 8.52. The summed E-state index contributed by atoms with van der Waals surface area (Å²) in [5.74, 6) is 0.972. The van der Waals surface area contributed by atoms with Crippen molar-refractivity contribution in [3.05, 3.63) is 53.1 Å². The van der Waals surface area contributed by atoms with Crippen LogP contribution in [0.3, 0.4) is 0 Å². The van der Waals surface area contributed by atoms with E-state index in [0.29, 0.717) is 17.1 Å². The number of fused-ring (bicyclic) bond motifs is 1. The largest absolute Gasteiger partial charge is 0.493 e. The number of carbonyl (C=O) groups excluding carboxylic acids is 1. The smallest absolute Gasteiger partial charge is 0.308 e. The molecule has 1 N–H and O–H groups in total. The summed E-state index contributed by atoms with van der Waals surface area (Å²) in [5.41, 5.74) is 2.22. The van der Waals surface area contributed by atoms with E-state index in [2.05, 4.69) is 9.71 Å². The first-order valence-electron chi connectivity index (χ1n) is 8.89. The van der Waals surface area contributed by atoms with Gasteiger partial charge in [0.2, 0.25) is 0 Å². The second-order valence-corrected chi connectivity index (χ2v) is 8.03. The number of nitrogens with zero attached hydrogens (tertiary/aromatic N) is 1. The summed E-state index contributed by atoms with van der Waals surface area (Å²) in [6.45, 7) is 2.09. The molecule has 0 saturated carbocycles. The van der Waals surface area contributed by atoms with Crippen LogP contribution in [-0.2, 0) is 26.2 Å². The number of hydrogen-bond acceptors (Lipinski definition) is 7. The predicted molar refractivity (Wildman–Crippen MR) is 107 cm³/mol. The van der Waals surface area contributed by atoms with Crippen LogP contribution in [0.2, 0.25) is 0 Å². The molecule has 0 aliphatic carbocycles. The van der Waals surface area contributed by atoms with Crippen LogP contribution in [0, 0.1) is 6.92 Å². The van der Waals surface area contributed by atoms with Gasteiger partial charge in [0.1, 0.15) is 12.4 Å². The van der Waals surface area contributed by atoms with Gasteiger partial charge in [0.05, 0.1) is 32.1 Å². The van der Waals surface area contributed by atoms with Crippen molar-refractivity contribution in [1.82, 2.24) is 4.72 Å². The number of nitrogens with one attached hydrogen (secondary N) is 1. The number of hydrogen-bond donors (Lipinski definition) is 1. The van der Waals surface area contributed by atoms with Gasteiger partial charge in [-0.05, 0) is 42.3 Å². The molecule has 0 fully saturated rings. The lowest BCUT2D eigenvalue weighted by molar-refractivity contribution is -0.144. The lowest BCUT2D eigenvalue weighted by Crippen LogP contribution is -2.22. The molecular weight excluding hydrogens is 396 g/mol. The van der Waals surface area contributed by atoms with E-state index in [1.807, 2.05) is 13.0 Å². The van der Waals surface area contributed by atoms with Crippen molar-refractivity contribution in [2.75, 3.05) is 20.8 Å². The lowest BCUT2D eigenvalue weighted by atomic mass is 10.1. The van der Waals surface area contributed by atoms with Crippen LogP contribution in [0.4, 0.5) is 0 Å². The third-order valence-corrected chi connectivity index (χ3v) is 5.88. The number of aryl methyl sites for hydroxylation is 1. The highest BCUT2D eigenvalue weighted by Gasteiger charge is 2.29. The summed E-state index contributed by atoms with van der Waals surface area (Å²) in [6.07, 6.45) is 0.0275. The molecule has 0 aromatic heterocycles. The van der Waals surface area contributed by atoms with Gasteiger partial charge in [0.15, 0.2) is 11.5 Å². The average Bonchev–Trinajstić information content (AvgIpc) is 2.97. The number of ether oxygens (including phenoxy) is 3. The Morgan fingerprint density at radius 3 is 2.52 bits per heavy atom.